The molecule has 1 fully saturated rings. The van der Waals surface area contributed by atoms with Crippen LogP contribution in [0.2, 0.25) is 0 Å². The maximum atomic E-state index is 12.3. The number of likely N-dealkylation sites (tertiary alicyclic amines) is 1. The number of carbonyl (C=O) groups is 2. The predicted octanol–water partition coefficient (Wildman–Crippen LogP) is 2.79. The number of hydrogen-bond donors (Lipinski definition) is 2. The monoisotopic (exact) mass is 351 g/mol. The van der Waals surface area contributed by atoms with Crippen molar-refractivity contribution in [1.29, 1.82) is 5.26 Å². The second kappa shape index (κ2) is 6.59. The van der Waals surface area contributed by atoms with Crippen molar-refractivity contribution in [3.8, 4) is 6.07 Å². The van der Waals surface area contributed by atoms with E-state index in [0.717, 1.165) is 12.8 Å². The van der Waals surface area contributed by atoms with Gasteiger partial charge in [-0.2, -0.15) is 5.26 Å². The van der Waals surface area contributed by atoms with E-state index in [1.165, 1.54) is 4.90 Å². The molecule has 2 rings (SSSR count). The van der Waals surface area contributed by atoms with Crippen molar-refractivity contribution in [3.63, 3.8) is 0 Å². The standard InChI is InChI=1S/C14H14BrN3O3/c15-10-7-9(8-16)4-5-11(10)17-14(21)18-6-2-1-3-12(18)13(19)20/h4-5,7,12H,1-3,6H2,(H,17,21)(H,19,20). The Hall–Kier alpha value is -2.07. The molecule has 1 aliphatic rings. The number of aliphatic carboxylic acids is 1. The summed E-state index contributed by atoms with van der Waals surface area (Å²) >= 11 is 3.28. The van der Waals surface area contributed by atoms with Gasteiger partial charge in [0.15, 0.2) is 0 Å². The number of amides is 2. The molecular weight excluding hydrogens is 338 g/mol. The summed E-state index contributed by atoms with van der Waals surface area (Å²) in [6.45, 7) is 0.427. The van der Waals surface area contributed by atoms with Gasteiger partial charge in [-0.25, -0.2) is 9.59 Å². The van der Waals surface area contributed by atoms with Crippen LogP contribution in [0.4, 0.5) is 10.5 Å². The average molecular weight is 352 g/mol. The Labute approximate surface area is 130 Å². The maximum Gasteiger partial charge on any atom is 0.326 e. The molecule has 21 heavy (non-hydrogen) atoms. The maximum absolute atomic E-state index is 12.3. The number of nitrogens with one attached hydrogen (secondary N) is 1. The lowest BCUT2D eigenvalue weighted by Gasteiger charge is -2.32. The van der Waals surface area contributed by atoms with Crippen molar-refractivity contribution in [1.82, 2.24) is 4.90 Å². The van der Waals surface area contributed by atoms with Gasteiger partial charge in [0.05, 0.1) is 17.3 Å². The van der Waals surface area contributed by atoms with Gasteiger partial charge in [0.1, 0.15) is 6.04 Å². The van der Waals surface area contributed by atoms with E-state index in [1.807, 2.05) is 6.07 Å². The van der Waals surface area contributed by atoms with E-state index in [4.69, 9.17) is 5.26 Å². The fourth-order valence-electron chi connectivity index (χ4n) is 2.30. The van der Waals surface area contributed by atoms with E-state index in [9.17, 15) is 14.7 Å². The van der Waals surface area contributed by atoms with Gasteiger partial charge >= 0.3 is 12.0 Å². The van der Waals surface area contributed by atoms with Crippen LogP contribution in [0, 0.1) is 11.3 Å². The van der Waals surface area contributed by atoms with Gasteiger partial charge in [-0.15, -0.1) is 0 Å². The number of benzene rings is 1. The van der Waals surface area contributed by atoms with Crippen LogP contribution < -0.4 is 5.32 Å². The Morgan fingerprint density at radius 3 is 2.81 bits per heavy atom. The third kappa shape index (κ3) is 3.52. The molecule has 0 aliphatic carbocycles. The Kier molecular flexibility index (Phi) is 4.81. The second-order valence-corrected chi connectivity index (χ2v) is 5.63. The molecule has 1 aromatic rings. The van der Waals surface area contributed by atoms with Gasteiger partial charge in [-0.3, -0.25) is 0 Å². The van der Waals surface area contributed by atoms with Gasteiger partial charge in [0, 0.05) is 11.0 Å². The molecule has 7 heteroatoms. The van der Waals surface area contributed by atoms with Gasteiger partial charge in [-0.05, 0) is 53.4 Å². The fraction of sp³-hybridized carbons (Fsp3) is 0.357. The smallest absolute Gasteiger partial charge is 0.326 e. The minimum Gasteiger partial charge on any atom is -0.480 e. The molecule has 2 N–H and O–H groups in total. The van der Waals surface area contributed by atoms with E-state index in [1.54, 1.807) is 18.2 Å². The molecule has 1 unspecified atom stereocenters. The molecule has 2 amide bonds. The number of carboxylic acids is 1. The Morgan fingerprint density at radius 2 is 2.19 bits per heavy atom. The molecule has 1 aliphatic heterocycles. The van der Waals surface area contributed by atoms with E-state index in [-0.39, 0.29) is 0 Å². The lowest BCUT2D eigenvalue weighted by Crippen LogP contribution is -2.49. The first-order chi connectivity index (χ1) is 10.0. The van der Waals surface area contributed by atoms with Gasteiger partial charge in [0.25, 0.3) is 0 Å². The van der Waals surface area contributed by atoms with E-state index < -0.39 is 18.0 Å². The lowest BCUT2D eigenvalue weighted by molar-refractivity contribution is -0.143. The van der Waals surface area contributed by atoms with Crippen molar-refractivity contribution in [2.75, 3.05) is 11.9 Å². The minimum absolute atomic E-state index is 0.427. The predicted molar refractivity (Wildman–Crippen MR) is 79.9 cm³/mol. The third-order valence-electron chi connectivity index (χ3n) is 3.39. The summed E-state index contributed by atoms with van der Waals surface area (Å²) in [5.41, 5.74) is 0.981. The summed E-state index contributed by atoms with van der Waals surface area (Å²) in [5, 5.41) is 20.7. The molecular formula is C14H14BrN3O3. The first-order valence-corrected chi connectivity index (χ1v) is 7.32. The Balaban J connectivity index is 2.13. The molecule has 0 spiro atoms. The molecule has 0 radical (unpaired) electrons. The topological polar surface area (TPSA) is 93.4 Å². The SMILES string of the molecule is N#Cc1ccc(NC(=O)N2CCCCC2C(=O)O)c(Br)c1. The highest BCUT2D eigenvalue weighted by Crippen LogP contribution is 2.25. The number of carbonyl (C=O) groups excluding carboxylic acids is 1. The molecule has 110 valence electrons. The number of carboxylic acid groups (broad SMARTS) is 1. The minimum atomic E-state index is -0.983. The molecule has 0 saturated carbocycles. The molecule has 0 aromatic heterocycles. The van der Waals surface area contributed by atoms with Crippen molar-refractivity contribution in [2.45, 2.75) is 25.3 Å². The van der Waals surface area contributed by atoms with Crippen molar-refractivity contribution in [2.24, 2.45) is 0 Å². The highest BCUT2D eigenvalue weighted by atomic mass is 79.9. The fourth-order valence-corrected chi connectivity index (χ4v) is 2.78. The molecule has 1 heterocycles. The van der Waals surface area contributed by atoms with E-state index in [2.05, 4.69) is 21.2 Å². The molecule has 6 nitrogen and oxygen atoms in total. The van der Waals surface area contributed by atoms with Crippen LogP contribution >= 0.6 is 15.9 Å². The lowest BCUT2D eigenvalue weighted by atomic mass is 10.0. The Morgan fingerprint density at radius 1 is 1.43 bits per heavy atom. The Bertz CT molecular complexity index is 612. The number of urea groups is 1. The normalized spacial score (nSPS) is 17.9. The summed E-state index contributed by atoms with van der Waals surface area (Å²) in [4.78, 5) is 24.8. The molecule has 0 bridgehead atoms. The molecule has 1 atom stereocenters. The summed E-state index contributed by atoms with van der Waals surface area (Å²) in [6, 6.07) is 5.58. The van der Waals surface area contributed by atoms with E-state index >= 15 is 0 Å². The average Bonchev–Trinajstić information content (AvgIpc) is 2.49. The van der Waals surface area contributed by atoms with Gasteiger partial charge in [-0.1, -0.05) is 0 Å². The number of nitriles is 1. The zero-order valence-electron chi connectivity index (χ0n) is 11.2. The van der Waals surface area contributed by atoms with Crippen LogP contribution in [0.25, 0.3) is 0 Å². The number of piperidine rings is 1. The van der Waals surface area contributed by atoms with Crippen LogP contribution in [-0.4, -0.2) is 34.6 Å². The number of anilines is 1. The van der Waals surface area contributed by atoms with Crippen molar-refractivity contribution < 1.29 is 14.7 Å². The zero-order chi connectivity index (χ0) is 15.4. The molecule has 1 saturated heterocycles. The van der Waals surface area contributed by atoms with Crippen molar-refractivity contribution in [3.05, 3.63) is 28.2 Å². The number of hydrogen-bond acceptors (Lipinski definition) is 3. The van der Waals surface area contributed by atoms with Gasteiger partial charge < -0.3 is 15.3 Å². The van der Waals surface area contributed by atoms with Crippen LogP contribution in [0.5, 0.6) is 0 Å². The van der Waals surface area contributed by atoms with Crippen LogP contribution in [0.1, 0.15) is 24.8 Å². The van der Waals surface area contributed by atoms with Gasteiger partial charge in [0.2, 0.25) is 0 Å². The first-order valence-electron chi connectivity index (χ1n) is 6.53. The zero-order valence-corrected chi connectivity index (χ0v) is 12.8. The third-order valence-corrected chi connectivity index (χ3v) is 4.04. The second-order valence-electron chi connectivity index (χ2n) is 4.78. The molecule has 1 aromatic carbocycles. The largest absolute Gasteiger partial charge is 0.480 e. The van der Waals surface area contributed by atoms with E-state index in [0.29, 0.717) is 28.7 Å². The highest BCUT2D eigenvalue weighted by Gasteiger charge is 2.32. The van der Waals surface area contributed by atoms with Crippen LogP contribution in [-0.2, 0) is 4.79 Å². The summed E-state index contributed by atoms with van der Waals surface area (Å²) in [6.07, 6.45) is 2.07. The van der Waals surface area contributed by atoms with Crippen LogP contribution in [0.3, 0.4) is 0 Å². The summed E-state index contributed by atoms with van der Waals surface area (Å²) in [5.74, 6) is -0.983. The quantitative estimate of drug-likeness (QED) is 0.856. The number of rotatable bonds is 2. The number of halogens is 1. The van der Waals surface area contributed by atoms with Crippen molar-refractivity contribution >= 4 is 33.6 Å². The summed E-state index contributed by atoms with van der Waals surface area (Å²) in [7, 11) is 0. The first kappa shape index (κ1) is 15.3. The summed E-state index contributed by atoms with van der Waals surface area (Å²) < 4.78 is 0.582. The number of nitrogens with zero attached hydrogens (tertiary/aromatic N) is 2. The van der Waals surface area contributed by atoms with Crippen LogP contribution in [0.15, 0.2) is 22.7 Å². The highest BCUT2D eigenvalue weighted by molar-refractivity contribution is 9.10.